The van der Waals surface area contributed by atoms with E-state index in [0.717, 1.165) is 6.07 Å². The number of halogens is 6. The van der Waals surface area contributed by atoms with Crippen molar-refractivity contribution in [3.05, 3.63) is 41.0 Å². The van der Waals surface area contributed by atoms with E-state index in [2.05, 4.69) is 15.5 Å². The Labute approximate surface area is 157 Å². The van der Waals surface area contributed by atoms with Gasteiger partial charge in [0.15, 0.2) is 5.82 Å². The predicted octanol–water partition coefficient (Wildman–Crippen LogP) is 5.10. The summed E-state index contributed by atoms with van der Waals surface area (Å²) in [6.45, 7) is 5.26. The molecule has 0 radical (unpaired) electrons. The van der Waals surface area contributed by atoms with Crippen LogP contribution in [-0.4, -0.2) is 28.0 Å². The molecule has 2 rings (SSSR count). The average Bonchev–Trinajstić information content (AvgIpc) is 2.57. The molecule has 0 aliphatic carbocycles. The highest BCUT2D eigenvalue weighted by Crippen LogP contribution is 2.41. The maximum atomic E-state index is 13.4. The van der Waals surface area contributed by atoms with Crippen LogP contribution in [0.2, 0.25) is 0 Å². The number of alkyl halides is 6. The van der Waals surface area contributed by atoms with Gasteiger partial charge in [-0.3, -0.25) is 0 Å². The van der Waals surface area contributed by atoms with Crippen molar-refractivity contribution >= 4 is 5.82 Å². The molecule has 0 bridgehead atoms. The summed E-state index contributed by atoms with van der Waals surface area (Å²) in [5.41, 5.74) is -2.98. The number of benzene rings is 1. The van der Waals surface area contributed by atoms with Gasteiger partial charge >= 0.3 is 12.4 Å². The normalized spacial score (nSPS) is 13.7. The molecule has 0 aliphatic rings. The summed E-state index contributed by atoms with van der Waals surface area (Å²) < 4.78 is 78.7. The Kier molecular flexibility index (Phi) is 6.22. The van der Waals surface area contributed by atoms with Crippen LogP contribution >= 0.6 is 0 Å². The Morgan fingerprint density at radius 1 is 0.964 bits per heavy atom. The Morgan fingerprint density at radius 2 is 1.61 bits per heavy atom. The first-order chi connectivity index (χ1) is 12.8. The minimum atomic E-state index is -5.00. The molecular weight excluding hydrogens is 388 g/mol. The van der Waals surface area contributed by atoms with Gasteiger partial charge in [0.1, 0.15) is 0 Å². The van der Waals surface area contributed by atoms with Crippen LogP contribution in [0.5, 0.6) is 0 Å². The fourth-order valence-corrected chi connectivity index (χ4v) is 2.54. The van der Waals surface area contributed by atoms with Crippen LogP contribution in [0.3, 0.4) is 0 Å². The number of hydrogen-bond acceptors (Lipinski definition) is 4. The number of hydrogen-bond donors (Lipinski definition) is 2. The van der Waals surface area contributed by atoms with Crippen LogP contribution in [0.15, 0.2) is 24.3 Å². The largest absolute Gasteiger partial charge is 0.417 e. The summed E-state index contributed by atoms with van der Waals surface area (Å²) in [6.07, 6.45) is -10.6. The molecule has 0 saturated carbocycles. The van der Waals surface area contributed by atoms with Gasteiger partial charge in [-0.25, -0.2) is 0 Å². The fourth-order valence-electron chi connectivity index (χ4n) is 2.54. The standard InChI is InChI=1S/C18H19F6N3O/c1-9(2)13-7-15(26-27-16(13)25-8-10(3)28)12-5-4-11(17(19,20)21)6-14(12)18(22,23)24/h4-7,9-10,28H,8H2,1-3H3,(H,25,27)/t10-/m1/s1. The second kappa shape index (κ2) is 7.94. The molecule has 4 nitrogen and oxygen atoms in total. The Morgan fingerprint density at radius 3 is 2.11 bits per heavy atom. The summed E-state index contributed by atoms with van der Waals surface area (Å²) in [6, 6.07) is 2.77. The van der Waals surface area contributed by atoms with E-state index >= 15 is 0 Å². The number of anilines is 1. The highest BCUT2D eigenvalue weighted by Gasteiger charge is 2.38. The molecule has 2 aromatic rings. The van der Waals surface area contributed by atoms with E-state index in [0.29, 0.717) is 17.4 Å². The van der Waals surface area contributed by atoms with E-state index in [1.807, 2.05) is 0 Å². The molecule has 28 heavy (non-hydrogen) atoms. The van der Waals surface area contributed by atoms with Crippen molar-refractivity contribution in [1.82, 2.24) is 10.2 Å². The highest BCUT2D eigenvalue weighted by molar-refractivity contribution is 5.67. The molecule has 1 atom stereocenters. The van der Waals surface area contributed by atoms with Crippen molar-refractivity contribution < 1.29 is 31.4 Å². The highest BCUT2D eigenvalue weighted by atomic mass is 19.4. The number of aromatic nitrogens is 2. The van der Waals surface area contributed by atoms with E-state index in [9.17, 15) is 31.4 Å². The van der Waals surface area contributed by atoms with Crippen molar-refractivity contribution in [1.29, 1.82) is 0 Å². The van der Waals surface area contributed by atoms with Crippen molar-refractivity contribution in [2.24, 2.45) is 0 Å². The zero-order chi connectivity index (χ0) is 21.3. The Hall–Kier alpha value is -2.36. The average molecular weight is 407 g/mol. The van der Waals surface area contributed by atoms with Gasteiger partial charge < -0.3 is 10.4 Å². The smallest absolute Gasteiger partial charge is 0.392 e. The van der Waals surface area contributed by atoms with Crippen molar-refractivity contribution in [2.45, 2.75) is 45.1 Å². The molecule has 1 aromatic heterocycles. The summed E-state index contributed by atoms with van der Waals surface area (Å²) in [4.78, 5) is 0. The van der Waals surface area contributed by atoms with Crippen LogP contribution in [0.4, 0.5) is 32.2 Å². The van der Waals surface area contributed by atoms with Gasteiger partial charge in [0, 0.05) is 17.7 Å². The van der Waals surface area contributed by atoms with Crippen LogP contribution in [0.1, 0.15) is 43.4 Å². The lowest BCUT2D eigenvalue weighted by Crippen LogP contribution is -2.18. The molecular formula is C18H19F6N3O. The van der Waals surface area contributed by atoms with Crippen molar-refractivity contribution in [3.8, 4) is 11.3 Å². The molecule has 0 aliphatic heterocycles. The lowest BCUT2D eigenvalue weighted by Gasteiger charge is -2.18. The first-order valence-corrected chi connectivity index (χ1v) is 8.39. The summed E-state index contributed by atoms with van der Waals surface area (Å²) >= 11 is 0. The molecule has 0 unspecified atom stereocenters. The quantitative estimate of drug-likeness (QED) is 0.678. The molecule has 10 heteroatoms. The number of rotatable bonds is 5. The first kappa shape index (κ1) is 21.9. The van der Waals surface area contributed by atoms with Crippen molar-refractivity contribution in [2.75, 3.05) is 11.9 Å². The lowest BCUT2D eigenvalue weighted by molar-refractivity contribution is -0.142. The zero-order valence-electron chi connectivity index (χ0n) is 15.3. The summed E-state index contributed by atoms with van der Waals surface area (Å²) in [5.74, 6) is 0.134. The second-order valence-electron chi connectivity index (χ2n) is 6.67. The van der Waals surface area contributed by atoms with Gasteiger partial charge in [-0.05, 0) is 31.0 Å². The SMILES string of the molecule is CC(C)c1cc(-c2ccc(C(F)(F)F)cc2C(F)(F)F)nnc1NC[C@@H](C)O. The van der Waals surface area contributed by atoms with Gasteiger partial charge in [-0.2, -0.15) is 26.3 Å². The van der Waals surface area contributed by atoms with Gasteiger partial charge in [0.05, 0.1) is 22.9 Å². The Balaban J connectivity index is 2.59. The van der Waals surface area contributed by atoms with Crippen LogP contribution < -0.4 is 5.32 Å². The molecule has 0 spiro atoms. The minimum Gasteiger partial charge on any atom is -0.392 e. The lowest BCUT2D eigenvalue weighted by atomic mass is 9.97. The molecule has 1 heterocycles. The fraction of sp³-hybridized carbons (Fsp3) is 0.444. The molecule has 1 aromatic carbocycles. The summed E-state index contributed by atoms with van der Waals surface area (Å²) in [5, 5.41) is 19.9. The van der Waals surface area contributed by atoms with E-state index in [1.165, 1.54) is 6.07 Å². The molecule has 154 valence electrons. The number of aliphatic hydroxyl groups is 1. The predicted molar refractivity (Wildman–Crippen MR) is 91.7 cm³/mol. The van der Waals surface area contributed by atoms with Gasteiger partial charge in [0.25, 0.3) is 0 Å². The van der Waals surface area contributed by atoms with Crippen LogP contribution in [0, 0.1) is 0 Å². The molecule has 0 saturated heterocycles. The van der Waals surface area contributed by atoms with E-state index < -0.39 is 35.1 Å². The third kappa shape index (κ3) is 5.12. The first-order valence-electron chi connectivity index (χ1n) is 8.39. The number of aliphatic hydroxyl groups excluding tert-OH is 1. The zero-order valence-corrected chi connectivity index (χ0v) is 15.3. The molecule has 0 amide bonds. The maximum Gasteiger partial charge on any atom is 0.417 e. The van der Waals surface area contributed by atoms with Gasteiger partial charge in [0.2, 0.25) is 0 Å². The third-order valence-electron chi connectivity index (χ3n) is 3.94. The third-order valence-corrected chi connectivity index (χ3v) is 3.94. The molecule has 0 fully saturated rings. The number of nitrogens with one attached hydrogen (secondary N) is 1. The number of nitrogens with zero attached hydrogens (tertiary/aromatic N) is 2. The van der Waals surface area contributed by atoms with E-state index in [1.54, 1.807) is 20.8 Å². The maximum absolute atomic E-state index is 13.4. The molecule has 2 N–H and O–H groups in total. The van der Waals surface area contributed by atoms with E-state index in [4.69, 9.17) is 0 Å². The van der Waals surface area contributed by atoms with Crippen molar-refractivity contribution in [3.63, 3.8) is 0 Å². The Bertz CT molecular complexity index is 831. The summed E-state index contributed by atoms with van der Waals surface area (Å²) in [7, 11) is 0. The van der Waals surface area contributed by atoms with Crippen LogP contribution in [0.25, 0.3) is 11.3 Å². The monoisotopic (exact) mass is 407 g/mol. The van der Waals surface area contributed by atoms with Crippen LogP contribution in [-0.2, 0) is 12.4 Å². The topological polar surface area (TPSA) is 58.0 Å². The minimum absolute atomic E-state index is 0.0751. The van der Waals surface area contributed by atoms with E-state index in [-0.39, 0.29) is 24.2 Å². The van der Waals surface area contributed by atoms with Gasteiger partial charge in [-0.1, -0.05) is 19.9 Å². The second-order valence-corrected chi connectivity index (χ2v) is 6.67. The van der Waals surface area contributed by atoms with Gasteiger partial charge in [-0.15, -0.1) is 10.2 Å².